The molecular weight excluding hydrogens is 302 g/mol. The summed E-state index contributed by atoms with van der Waals surface area (Å²) in [6.45, 7) is 8.58. The van der Waals surface area contributed by atoms with Crippen molar-refractivity contribution in [2.45, 2.75) is 39.2 Å². The minimum Gasteiger partial charge on any atom is -0.492 e. The van der Waals surface area contributed by atoms with Crippen LogP contribution < -0.4 is 15.8 Å². The van der Waals surface area contributed by atoms with Crippen LogP contribution in [0.5, 0.6) is 5.75 Å². The zero-order chi connectivity index (χ0) is 17.4. The van der Waals surface area contributed by atoms with Gasteiger partial charge in [-0.3, -0.25) is 4.79 Å². The number of ether oxygens (including phenoxy) is 1. The average molecular weight is 333 g/mol. The van der Waals surface area contributed by atoms with Crippen molar-refractivity contribution in [3.05, 3.63) is 29.8 Å². The molecule has 0 spiro atoms. The van der Waals surface area contributed by atoms with Gasteiger partial charge in [-0.2, -0.15) is 0 Å². The van der Waals surface area contributed by atoms with Crippen molar-refractivity contribution < 1.29 is 9.53 Å². The molecule has 134 valence electrons. The van der Waals surface area contributed by atoms with Crippen molar-refractivity contribution in [3.8, 4) is 5.75 Å². The van der Waals surface area contributed by atoms with E-state index in [9.17, 15) is 4.79 Å². The zero-order valence-corrected chi connectivity index (χ0v) is 15.0. The fourth-order valence-electron chi connectivity index (χ4n) is 3.30. The lowest BCUT2D eigenvalue weighted by atomic mass is 10.0. The standard InChI is InChI=1S/C19H31N3O2/c1-3-22(4-2)12-13-24-17-10-8-15(9-11-17)19(23)21-18-7-5-6-16(18)14-20/h8-11,16,18H,3-7,12-14,20H2,1-2H3,(H,21,23). The number of amides is 1. The van der Waals surface area contributed by atoms with Gasteiger partial charge in [-0.05, 0) is 62.7 Å². The topological polar surface area (TPSA) is 67.6 Å². The highest BCUT2D eigenvalue weighted by Crippen LogP contribution is 2.25. The van der Waals surface area contributed by atoms with Gasteiger partial charge >= 0.3 is 0 Å². The molecule has 0 radical (unpaired) electrons. The summed E-state index contributed by atoms with van der Waals surface area (Å²) < 4.78 is 5.75. The Hall–Kier alpha value is -1.59. The van der Waals surface area contributed by atoms with Gasteiger partial charge in [-0.1, -0.05) is 20.3 Å². The molecule has 0 aromatic heterocycles. The predicted octanol–water partition coefficient (Wildman–Crippen LogP) is 2.26. The summed E-state index contributed by atoms with van der Waals surface area (Å²) in [6.07, 6.45) is 3.28. The summed E-state index contributed by atoms with van der Waals surface area (Å²) in [5.41, 5.74) is 6.45. The van der Waals surface area contributed by atoms with E-state index in [0.29, 0.717) is 24.6 Å². The lowest BCUT2D eigenvalue weighted by Gasteiger charge is -2.19. The number of likely N-dealkylation sites (N-methyl/N-ethyl adjacent to an activating group) is 1. The van der Waals surface area contributed by atoms with Crippen LogP contribution in [0.2, 0.25) is 0 Å². The molecule has 1 aromatic carbocycles. The van der Waals surface area contributed by atoms with Gasteiger partial charge in [0, 0.05) is 18.2 Å². The first-order valence-electron chi connectivity index (χ1n) is 9.14. The number of carbonyl (C=O) groups excluding carboxylic acids is 1. The van der Waals surface area contributed by atoms with Crippen LogP contribution >= 0.6 is 0 Å². The van der Waals surface area contributed by atoms with Gasteiger partial charge in [0.15, 0.2) is 0 Å². The molecule has 0 bridgehead atoms. The number of rotatable bonds is 9. The predicted molar refractivity (Wildman–Crippen MR) is 97.4 cm³/mol. The van der Waals surface area contributed by atoms with Gasteiger partial charge in [0.2, 0.25) is 0 Å². The van der Waals surface area contributed by atoms with Crippen LogP contribution in [0.25, 0.3) is 0 Å². The van der Waals surface area contributed by atoms with Gasteiger partial charge in [0.1, 0.15) is 12.4 Å². The minimum atomic E-state index is -0.0185. The third kappa shape index (κ3) is 5.21. The van der Waals surface area contributed by atoms with E-state index >= 15 is 0 Å². The normalized spacial score (nSPS) is 20.3. The Labute approximate surface area is 145 Å². The third-order valence-electron chi connectivity index (χ3n) is 4.97. The maximum absolute atomic E-state index is 12.4. The average Bonchev–Trinajstić information content (AvgIpc) is 3.06. The van der Waals surface area contributed by atoms with E-state index in [2.05, 4.69) is 24.1 Å². The summed E-state index contributed by atoms with van der Waals surface area (Å²) in [7, 11) is 0. The summed E-state index contributed by atoms with van der Waals surface area (Å²) in [4.78, 5) is 14.7. The lowest BCUT2D eigenvalue weighted by Crippen LogP contribution is -2.39. The second-order valence-corrected chi connectivity index (χ2v) is 6.41. The molecule has 2 unspecified atom stereocenters. The SMILES string of the molecule is CCN(CC)CCOc1ccc(C(=O)NC2CCCC2CN)cc1. The number of nitrogens with two attached hydrogens (primary N) is 1. The van der Waals surface area contributed by atoms with Crippen LogP contribution in [0.4, 0.5) is 0 Å². The molecule has 1 fully saturated rings. The molecule has 5 nitrogen and oxygen atoms in total. The van der Waals surface area contributed by atoms with Crippen LogP contribution in [0.15, 0.2) is 24.3 Å². The Balaban J connectivity index is 1.81. The molecule has 1 amide bonds. The number of hydrogen-bond acceptors (Lipinski definition) is 4. The van der Waals surface area contributed by atoms with Gasteiger partial charge in [0.25, 0.3) is 5.91 Å². The van der Waals surface area contributed by atoms with Crippen LogP contribution in [0, 0.1) is 5.92 Å². The third-order valence-corrected chi connectivity index (χ3v) is 4.97. The largest absolute Gasteiger partial charge is 0.492 e. The Morgan fingerprint density at radius 2 is 1.96 bits per heavy atom. The van der Waals surface area contributed by atoms with Crippen molar-refractivity contribution in [2.75, 3.05) is 32.8 Å². The van der Waals surface area contributed by atoms with Crippen molar-refractivity contribution in [3.63, 3.8) is 0 Å². The fourth-order valence-corrected chi connectivity index (χ4v) is 3.30. The molecular formula is C19H31N3O2. The number of nitrogens with one attached hydrogen (secondary N) is 1. The first-order chi connectivity index (χ1) is 11.7. The highest BCUT2D eigenvalue weighted by molar-refractivity contribution is 5.94. The first-order valence-corrected chi connectivity index (χ1v) is 9.14. The molecule has 1 saturated carbocycles. The van der Waals surface area contributed by atoms with E-state index in [4.69, 9.17) is 10.5 Å². The number of carbonyl (C=O) groups is 1. The molecule has 0 aliphatic heterocycles. The number of benzene rings is 1. The van der Waals surface area contributed by atoms with Gasteiger partial charge in [-0.15, -0.1) is 0 Å². The Kier molecular flexibility index (Phi) is 7.53. The highest BCUT2D eigenvalue weighted by Gasteiger charge is 2.27. The monoisotopic (exact) mass is 333 g/mol. The van der Waals surface area contributed by atoms with Crippen LogP contribution in [0.3, 0.4) is 0 Å². The molecule has 5 heteroatoms. The molecule has 1 aliphatic rings. The van der Waals surface area contributed by atoms with Crippen LogP contribution in [0.1, 0.15) is 43.5 Å². The van der Waals surface area contributed by atoms with Crippen molar-refractivity contribution in [1.29, 1.82) is 0 Å². The fraction of sp³-hybridized carbons (Fsp3) is 0.632. The van der Waals surface area contributed by atoms with E-state index in [0.717, 1.165) is 44.6 Å². The molecule has 1 aliphatic carbocycles. The Morgan fingerprint density at radius 1 is 1.25 bits per heavy atom. The minimum absolute atomic E-state index is 0.0185. The Bertz CT molecular complexity index is 500. The van der Waals surface area contributed by atoms with E-state index in [1.165, 1.54) is 0 Å². The molecule has 1 aromatic rings. The molecule has 3 N–H and O–H groups in total. The quantitative estimate of drug-likeness (QED) is 0.727. The zero-order valence-electron chi connectivity index (χ0n) is 15.0. The van der Waals surface area contributed by atoms with Crippen LogP contribution in [-0.4, -0.2) is 49.6 Å². The van der Waals surface area contributed by atoms with Gasteiger partial charge in [0.05, 0.1) is 0 Å². The van der Waals surface area contributed by atoms with Crippen molar-refractivity contribution >= 4 is 5.91 Å². The molecule has 24 heavy (non-hydrogen) atoms. The van der Waals surface area contributed by atoms with E-state index in [1.807, 2.05) is 24.3 Å². The number of nitrogens with zero attached hydrogens (tertiary/aromatic N) is 1. The molecule has 2 atom stereocenters. The second-order valence-electron chi connectivity index (χ2n) is 6.41. The molecule has 0 saturated heterocycles. The van der Waals surface area contributed by atoms with Crippen molar-refractivity contribution in [2.24, 2.45) is 11.7 Å². The second kappa shape index (κ2) is 9.64. The van der Waals surface area contributed by atoms with E-state index < -0.39 is 0 Å². The maximum atomic E-state index is 12.4. The summed E-state index contributed by atoms with van der Waals surface area (Å²) in [5.74, 6) is 1.20. The maximum Gasteiger partial charge on any atom is 0.251 e. The number of hydrogen-bond donors (Lipinski definition) is 2. The van der Waals surface area contributed by atoms with Gasteiger partial charge < -0.3 is 20.7 Å². The Morgan fingerprint density at radius 3 is 2.58 bits per heavy atom. The van der Waals surface area contributed by atoms with Crippen molar-refractivity contribution in [1.82, 2.24) is 10.2 Å². The summed E-state index contributed by atoms with van der Waals surface area (Å²) in [6, 6.07) is 7.61. The summed E-state index contributed by atoms with van der Waals surface area (Å²) >= 11 is 0. The van der Waals surface area contributed by atoms with E-state index in [1.54, 1.807) is 0 Å². The molecule has 0 heterocycles. The smallest absolute Gasteiger partial charge is 0.251 e. The lowest BCUT2D eigenvalue weighted by molar-refractivity contribution is 0.0928. The highest BCUT2D eigenvalue weighted by atomic mass is 16.5. The van der Waals surface area contributed by atoms with E-state index in [-0.39, 0.29) is 11.9 Å². The summed E-state index contributed by atoms with van der Waals surface area (Å²) in [5, 5.41) is 3.12. The van der Waals surface area contributed by atoms with Crippen LogP contribution in [-0.2, 0) is 0 Å². The molecule has 2 rings (SSSR count). The first kappa shape index (κ1) is 18.7. The van der Waals surface area contributed by atoms with Gasteiger partial charge in [-0.25, -0.2) is 0 Å².